The van der Waals surface area contributed by atoms with Crippen LogP contribution in [0.2, 0.25) is 0 Å². The first kappa shape index (κ1) is 19.4. The molecule has 2 saturated heterocycles. The van der Waals surface area contributed by atoms with E-state index in [0.29, 0.717) is 23.9 Å². The van der Waals surface area contributed by atoms with Crippen LogP contribution in [0.3, 0.4) is 0 Å². The molecule has 0 aromatic heterocycles. The van der Waals surface area contributed by atoms with Gasteiger partial charge in [-0.15, -0.1) is 0 Å². The Morgan fingerprint density at radius 2 is 1.85 bits per heavy atom. The molecule has 2 fully saturated rings. The van der Waals surface area contributed by atoms with Gasteiger partial charge in [0.15, 0.2) is 0 Å². The first-order valence-corrected chi connectivity index (χ1v) is 10.0. The van der Waals surface area contributed by atoms with Crippen LogP contribution in [0, 0.1) is 5.92 Å². The van der Waals surface area contributed by atoms with Gasteiger partial charge in [0.1, 0.15) is 6.54 Å². The van der Waals surface area contributed by atoms with E-state index >= 15 is 0 Å². The molecule has 27 heavy (non-hydrogen) atoms. The molecule has 0 aliphatic carbocycles. The van der Waals surface area contributed by atoms with Gasteiger partial charge in [0.25, 0.3) is 11.1 Å². The van der Waals surface area contributed by atoms with Crippen LogP contribution in [-0.2, 0) is 9.59 Å². The molecule has 6 heteroatoms. The lowest BCUT2D eigenvalue weighted by Crippen LogP contribution is -2.45. The van der Waals surface area contributed by atoms with Crippen molar-refractivity contribution in [1.29, 1.82) is 0 Å². The van der Waals surface area contributed by atoms with Gasteiger partial charge in [0, 0.05) is 13.1 Å². The van der Waals surface area contributed by atoms with Gasteiger partial charge in [0.05, 0.1) is 4.91 Å². The number of benzene rings is 1. The van der Waals surface area contributed by atoms with Gasteiger partial charge >= 0.3 is 0 Å². The van der Waals surface area contributed by atoms with Crippen LogP contribution in [0.1, 0.15) is 32.3 Å². The minimum Gasteiger partial charge on any atom is -0.341 e. The number of carbonyl (C=O) groups excluding carboxylic acids is 3. The zero-order valence-electron chi connectivity index (χ0n) is 15.7. The Kier molecular flexibility index (Phi) is 6.16. The predicted molar refractivity (Wildman–Crippen MR) is 108 cm³/mol. The van der Waals surface area contributed by atoms with Gasteiger partial charge in [-0.25, -0.2) is 0 Å². The third-order valence-corrected chi connectivity index (χ3v) is 5.76. The summed E-state index contributed by atoms with van der Waals surface area (Å²) in [6.45, 7) is 5.29. The summed E-state index contributed by atoms with van der Waals surface area (Å²) in [6.07, 6.45) is 5.60. The standard InChI is InChI=1S/C21H24N2O3S/c1-15-8-10-22(11-9-15)19(24)14-23-20(25)18(27-21(23)26)13-16(2)12-17-6-4-3-5-7-17/h3-7,12-13,15H,8-11,14H2,1-2H3/b16-12+,18-13+. The van der Waals surface area contributed by atoms with Gasteiger partial charge in [-0.1, -0.05) is 43.3 Å². The highest BCUT2D eigenvalue weighted by atomic mass is 32.2. The number of imide groups is 1. The molecule has 3 amide bonds. The Labute approximate surface area is 164 Å². The van der Waals surface area contributed by atoms with Crippen LogP contribution in [-0.4, -0.2) is 46.5 Å². The first-order valence-electron chi connectivity index (χ1n) is 9.20. The van der Waals surface area contributed by atoms with Gasteiger partial charge in [-0.3, -0.25) is 19.3 Å². The molecule has 142 valence electrons. The number of amides is 3. The molecule has 5 nitrogen and oxygen atoms in total. The lowest BCUT2D eigenvalue weighted by Gasteiger charge is -2.31. The van der Waals surface area contributed by atoms with Crippen LogP contribution in [0.15, 0.2) is 46.9 Å². The minimum absolute atomic E-state index is 0.151. The van der Waals surface area contributed by atoms with E-state index in [1.165, 1.54) is 0 Å². The van der Waals surface area contributed by atoms with E-state index in [4.69, 9.17) is 0 Å². The monoisotopic (exact) mass is 384 g/mol. The van der Waals surface area contributed by atoms with E-state index in [1.54, 1.807) is 11.0 Å². The van der Waals surface area contributed by atoms with Crippen molar-refractivity contribution in [3.05, 3.63) is 52.4 Å². The van der Waals surface area contributed by atoms with Crippen molar-refractivity contribution in [1.82, 2.24) is 9.80 Å². The molecule has 0 atom stereocenters. The maximum absolute atomic E-state index is 12.6. The molecule has 3 rings (SSSR count). The van der Waals surface area contributed by atoms with Gasteiger partial charge in [-0.05, 0) is 54.7 Å². The summed E-state index contributed by atoms with van der Waals surface area (Å²) in [4.78, 5) is 40.5. The van der Waals surface area contributed by atoms with E-state index in [1.807, 2.05) is 43.3 Å². The number of rotatable bonds is 4. The molecule has 1 aromatic rings. The highest BCUT2D eigenvalue weighted by molar-refractivity contribution is 8.18. The van der Waals surface area contributed by atoms with E-state index in [9.17, 15) is 14.4 Å². The Balaban J connectivity index is 1.66. The molecular formula is C21H24N2O3S. The van der Waals surface area contributed by atoms with Gasteiger partial charge < -0.3 is 4.90 Å². The number of allylic oxidation sites excluding steroid dienone is 2. The highest BCUT2D eigenvalue weighted by Crippen LogP contribution is 2.32. The Bertz CT molecular complexity index is 793. The van der Waals surface area contributed by atoms with Crippen LogP contribution in [0.5, 0.6) is 0 Å². The highest BCUT2D eigenvalue weighted by Gasteiger charge is 2.37. The number of piperidine rings is 1. The second-order valence-electron chi connectivity index (χ2n) is 7.13. The zero-order valence-corrected chi connectivity index (χ0v) is 16.5. The van der Waals surface area contributed by atoms with E-state index in [2.05, 4.69) is 6.92 Å². The topological polar surface area (TPSA) is 57.7 Å². The smallest absolute Gasteiger partial charge is 0.294 e. The average molecular weight is 385 g/mol. The third kappa shape index (κ3) is 4.89. The molecule has 1 aromatic carbocycles. The summed E-state index contributed by atoms with van der Waals surface area (Å²) in [5.41, 5.74) is 1.91. The zero-order chi connectivity index (χ0) is 19.4. The SMILES string of the molecule is CC(=C\c1ccccc1)/C=C1/SC(=O)N(CC(=O)N2CCC(C)CC2)C1=O. The molecular weight excluding hydrogens is 360 g/mol. The normalized spacial score (nSPS) is 20.7. The molecule has 2 aliphatic rings. The largest absolute Gasteiger partial charge is 0.341 e. The first-order chi connectivity index (χ1) is 12.9. The summed E-state index contributed by atoms with van der Waals surface area (Å²) < 4.78 is 0. The van der Waals surface area contributed by atoms with Crippen molar-refractivity contribution < 1.29 is 14.4 Å². The van der Waals surface area contributed by atoms with Crippen LogP contribution < -0.4 is 0 Å². The second kappa shape index (κ2) is 8.57. The van der Waals surface area contributed by atoms with Crippen molar-refractivity contribution in [3.8, 4) is 0 Å². The molecule has 0 radical (unpaired) electrons. The number of hydrogen-bond acceptors (Lipinski definition) is 4. The maximum Gasteiger partial charge on any atom is 0.294 e. The molecule has 0 saturated carbocycles. The van der Waals surface area contributed by atoms with Crippen LogP contribution >= 0.6 is 11.8 Å². The number of carbonyl (C=O) groups is 3. The second-order valence-corrected chi connectivity index (χ2v) is 8.12. The van der Waals surface area contributed by atoms with Gasteiger partial charge in [-0.2, -0.15) is 0 Å². The summed E-state index contributed by atoms with van der Waals surface area (Å²) >= 11 is 0.897. The summed E-state index contributed by atoms with van der Waals surface area (Å²) in [7, 11) is 0. The average Bonchev–Trinajstić information content (AvgIpc) is 2.90. The van der Waals surface area contributed by atoms with Crippen molar-refractivity contribution in [3.63, 3.8) is 0 Å². The predicted octanol–water partition coefficient (Wildman–Crippen LogP) is 3.93. The molecule has 0 unspecified atom stereocenters. The van der Waals surface area contributed by atoms with Crippen molar-refractivity contribution in [2.75, 3.05) is 19.6 Å². The van der Waals surface area contributed by atoms with Gasteiger partial charge in [0.2, 0.25) is 5.91 Å². The van der Waals surface area contributed by atoms with Crippen LogP contribution in [0.25, 0.3) is 6.08 Å². The molecule has 2 aliphatic heterocycles. The lowest BCUT2D eigenvalue weighted by atomic mass is 9.99. The fraction of sp³-hybridized carbons (Fsp3) is 0.381. The molecule has 0 spiro atoms. The number of likely N-dealkylation sites (tertiary alicyclic amines) is 1. The van der Waals surface area contributed by atoms with Crippen molar-refractivity contribution >= 4 is 34.9 Å². The molecule has 0 N–H and O–H groups in total. The summed E-state index contributed by atoms with van der Waals surface area (Å²) in [6, 6.07) is 9.78. The quantitative estimate of drug-likeness (QED) is 0.738. The molecule has 0 bridgehead atoms. The summed E-state index contributed by atoms with van der Waals surface area (Å²) in [5.74, 6) is 0.0834. The fourth-order valence-electron chi connectivity index (χ4n) is 3.19. The Morgan fingerprint density at radius 1 is 1.19 bits per heavy atom. The number of nitrogens with zero attached hydrogens (tertiary/aromatic N) is 2. The Hall–Kier alpha value is -2.34. The van der Waals surface area contributed by atoms with E-state index < -0.39 is 0 Å². The Morgan fingerprint density at radius 3 is 2.52 bits per heavy atom. The maximum atomic E-state index is 12.6. The summed E-state index contributed by atoms with van der Waals surface area (Å²) in [5, 5.41) is -0.377. The fourth-order valence-corrected chi connectivity index (χ4v) is 4.08. The van der Waals surface area contributed by atoms with E-state index in [-0.39, 0.29) is 23.6 Å². The van der Waals surface area contributed by atoms with Crippen molar-refractivity contribution in [2.24, 2.45) is 5.92 Å². The number of thioether (sulfide) groups is 1. The minimum atomic E-state index is -0.385. The third-order valence-electron chi connectivity index (χ3n) is 4.86. The number of hydrogen-bond donors (Lipinski definition) is 0. The molecule has 2 heterocycles. The van der Waals surface area contributed by atoms with Crippen molar-refractivity contribution in [2.45, 2.75) is 26.7 Å². The van der Waals surface area contributed by atoms with Crippen LogP contribution in [0.4, 0.5) is 4.79 Å². The van der Waals surface area contributed by atoms with E-state index in [0.717, 1.165) is 40.6 Å². The lowest BCUT2D eigenvalue weighted by molar-refractivity contribution is -0.136.